The van der Waals surface area contributed by atoms with Crippen molar-refractivity contribution in [1.82, 2.24) is 19.9 Å². The normalized spacial score (nSPS) is 19.3. The van der Waals surface area contributed by atoms with E-state index in [1.165, 1.54) is 11.3 Å². The van der Waals surface area contributed by atoms with E-state index in [4.69, 9.17) is 4.74 Å². The fourth-order valence-corrected chi connectivity index (χ4v) is 3.07. The molecule has 1 aliphatic heterocycles. The maximum absolute atomic E-state index is 12.7. The van der Waals surface area contributed by atoms with Crippen LogP contribution in [0.3, 0.4) is 0 Å². The molecule has 6 nitrogen and oxygen atoms in total. The number of nitrogens with zero attached hydrogens (tertiary/aromatic N) is 3. The lowest BCUT2D eigenvalue weighted by atomic mass is 10.2. The van der Waals surface area contributed by atoms with Crippen molar-refractivity contribution in [3.63, 3.8) is 0 Å². The molecule has 2 aromatic heterocycles. The molecule has 1 atom stereocenters. The number of amides is 1. The summed E-state index contributed by atoms with van der Waals surface area (Å²) in [6.07, 6.45) is 1.77. The van der Waals surface area contributed by atoms with Crippen molar-refractivity contribution < 1.29 is 9.53 Å². The fourth-order valence-electron chi connectivity index (χ4n) is 2.31. The highest BCUT2D eigenvalue weighted by atomic mass is 32.1. The van der Waals surface area contributed by atoms with Crippen molar-refractivity contribution in [1.29, 1.82) is 0 Å². The summed E-state index contributed by atoms with van der Waals surface area (Å²) in [6.45, 7) is 5.40. The number of H-pyrrole nitrogens is 1. The zero-order valence-electron chi connectivity index (χ0n) is 11.4. The van der Waals surface area contributed by atoms with Crippen molar-refractivity contribution >= 4 is 17.2 Å². The zero-order chi connectivity index (χ0) is 14.1. The summed E-state index contributed by atoms with van der Waals surface area (Å²) >= 11 is 1.38. The number of aromatic nitrogens is 3. The molecule has 7 heteroatoms. The Kier molecular flexibility index (Phi) is 3.54. The Morgan fingerprint density at radius 1 is 1.50 bits per heavy atom. The highest BCUT2D eigenvalue weighted by Crippen LogP contribution is 2.26. The Hall–Kier alpha value is -1.73. The first-order chi connectivity index (χ1) is 9.66. The molecular formula is C13H16N4O2S. The number of thiazole rings is 1. The van der Waals surface area contributed by atoms with E-state index >= 15 is 0 Å². The van der Waals surface area contributed by atoms with E-state index in [9.17, 15) is 4.79 Å². The largest absolute Gasteiger partial charge is 0.377 e. The van der Waals surface area contributed by atoms with Crippen molar-refractivity contribution in [2.24, 2.45) is 0 Å². The smallest absolute Gasteiger partial charge is 0.266 e. The van der Waals surface area contributed by atoms with Crippen LogP contribution >= 0.6 is 11.3 Å². The SMILES string of the molecule is Cc1cnc([C@@H]2COCCN2C(=O)c2scnc2C)[nH]1. The molecular weight excluding hydrogens is 276 g/mol. The molecule has 1 N–H and O–H groups in total. The van der Waals surface area contributed by atoms with Gasteiger partial charge in [0.1, 0.15) is 16.7 Å². The van der Waals surface area contributed by atoms with E-state index in [1.54, 1.807) is 11.7 Å². The first-order valence-electron chi connectivity index (χ1n) is 6.47. The number of ether oxygens (including phenoxy) is 1. The summed E-state index contributed by atoms with van der Waals surface area (Å²) in [5.74, 6) is 0.782. The Morgan fingerprint density at radius 3 is 3.00 bits per heavy atom. The van der Waals surface area contributed by atoms with Gasteiger partial charge in [-0.1, -0.05) is 0 Å². The van der Waals surface area contributed by atoms with Crippen LogP contribution < -0.4 is 0 Å². The average molecular weight is 292 g/mol. The van der Waals surface area contributed by atoms with Gasteiger partial charge in [0.2, 0.25) is 0 Å². The van der Waals surface area contributed by atoms with Gasteiger partial charge in [0, 0.05) is 18.4 Å². The number of morpholine rings is 1. The number of nitrogens with one attached hydrogen (secondary N) is 1. The third-order valence-electron chi connectivity index (χ3n) is 3.37. The predicted molar refractivity (Wildman–Crippen MR) is 74.8 cm³/mol. The predicted octanol–water partition coefficient (Wildman–Crippen LogP) is 1.70. The second-order valence-electron chi connectivity index (χ2n) is 4.81. The Morgan fingerprint density at radius 2 is 2.35 bits per heavy atom. The molecule has 2 aromatic rings. The number of aromatic amines is 1. The summed E-state index contributed by atoms with van der Waals surface area (Å²) in [5, 5.41) is 0. The Bertz CT molecular complexity index is 621. The number of hydrogen-bond acceptors (Lipinski definition) is 5. The lowest BCUT2D eigenvalue weighted by molar-refractivity contribution is -0.00480. The zero-order valence-corrected chi connectivity index (χ0v) is 12.2. The van der Waals surface area contributed by atoms with Gasteiger partial charge in [-0.15, -0.1) is 11.3 Å². The molecule has 1 fully saturated rings. The van der Waals surface area contributed by atoms with Crippen LogP contribution in [0.1, 0.15) is 32.9 Å². The molecule has 106 valence electrons. The maximum atomic E-state index is 12.7. The number of hydrogen-bond donors (Lipinski definition) is 1. The molecule has 0 unspecified atom stereocenters. The molecule has 0 spiro atoms. The third-order valence-corrected chi connectivity index (χ3v) is 4.28. The van der Waals surface area contributed by atoms with Crippen LogP contribution in [-0.4, -0.2) is 45.5 Å². The minimum atomic E-state index is -0.161. The van der Waals surface area contributed by atoms with Crippen molar-refractivity contribution in [3.8, 4) is 0 Å². The fraction of sp³-hybridized carbons (Fsp3) is 0.462. The highest BCUT2D eigenvalue weighted by Gasteiger charge is 2.32. The van der Waals surface area contributed by atoms with E-state index in [-0.39, 0.29) is 11.9 Å². The van der Waals surface area contributed by atoms with Gasteiger partial charge in [-0.05, 0) is 13.8 Å². The van der Waals surface area contributed by atoms with E-state index in [0.717, 1.165) is 17.2 Å². The molecule has 0 bridgehead atoms. The van der Waals surface area contributed by atoms with Crippen LogP contribution in [0.5, 0.6) is 0 Å². The molecule has 1 aliphatic rings. The Balaban J connectivity index is 1.89. The van der Waals surface area contributed by atoms with Crippen molar-refractivity contribution in [2.45, 2.75) is 19.9 Å². The third kappa shape index (κ3) is 2.34. The Labute approximate surface area is 120 Å². The van der Waals surface area contributed by atoms with Gasteiger partial charge in [0.05, 0.1) is 24.4 Å². The van der Waals surface area contributed by atoms with Gasteiger partial charge in [-0.3, -0.25) is 4.79 Å². The van der Waals surface area contributed by atoms with E-state index in [2.05, 4.69) is 15.0 Å². The van der Waals surface area contributed by atoms with Crippen LogP contribution in [0.15, 0.2) is 11.7 Å². The van der Waals surface area contributed by atoms with Crippen molar-refractivity contribution in [2.75, 3.05) is 19.8 Å². The lowest BCUT2D eigenvalue weighted by Crippen LogP contribution is -2.43. The van der Waals surface area contributed by atoms with E-state index < -0.39 is 0 Å². The number of rotatable bonds is 2. The molecule has 0 radical (unpaired) electrons. The lowest BCUT2D eigenvalue weighted by Gasteiger charge is -2.34. The summed E-state index contributed by atoms with van der Waals surface area (Å²) < 4.78 is 5.51. The molecule has 1 saturated heterocycles. The number of carbonyl (C=O) groups excluding carboxylic acids is 1. The average Bonchev–Trinajstić information content (AvgIpc) is 3.07. The van der Waals surface area contributed by atoms with Crippen LogP contribution in [0, 0.1) is 13.8 Å². The molecule has 1 amide bonds. The van der Waals surface area contributed by atoms with E-state index in [0.29, 0.717) is 24.6 Å². The standard InChI is InChI=1S/C13H16N4O2S/c1-8-5-14-12(16-8)10-6-19-4-3-17(10)13(18)11-9(2)15-7-20-11/h5,7,10H,3-4,6H2,1-2H3,(H,14,16)/t10-/m0/s1. The van der Waals surface area contributed by atoms with Crippen LogP contribution in [-0.2, 0) is 4.74 Å². The summed E-state index contributed by atoms with van der Waals surface area (Å²) in [6, 6.07) is -0.161. The first kappa shape index (κ1) is 13.3. The molecule has 0 saturated carbocycles. The second-order valence-corrected chi connectivity index (χ2v) is 5.66. The number of imidazole rings is 1. The van der Waals surface area contributed by atoms with Crippen LogP contribution in [0.25, 0.3) is 0 Å². The molecule has 3 heterocycles. The van der Waals surface area contributed by atoms with E-state index in [1.807, 2.05) is 18.7 Å². The quantitative estimate of drug-likeness (QED) is 0.914. The van der Waals surface area contributed by atoms with Gasteiger partial charge >= 0.3 is 0 Å². The second kappa shape index (κ2) is 5.34. The molecule has 20 heavy (non-hydrogen) atoms. The first-order valence-corrected chi connectivity index (χ1v) is 7.35. The highest BCUT2D eigenvalue weighted by molar-refractivity contribution is 7.11. The van der Waals surface area contributed by atoms with Crippen molar-refractivity contribution in [3.05, 3.63) is 33.8 Å². The molecule has 0 aliphatic carbocycles. The molecule has 0 aromatic carbocycles. The monoisotopic (exact) mass is 292 g/mol. The summed E-state index contributed by atoms with van der Waals surface area (Å²) in [7, 11) is 0. The maximum Gasteiger partial charge on any atom is 0.266 e. The van der Waals surface area contributed by atoms with Gasteiger partial charge in [-0.25, -0.2) is 9.97 Å². The van der Waals surface area contributed by atoms with Gasteiger partial charge in [-0.2, -0.15) is 0 Å². The minimum Gasteiger partial charge on any atom is -0.377 e. The summed E-state index contributed by atoms with van der Waals surface area (Å²) in [4.78, 5) is 26.9. The van der Waals surface area contributed by atoms with Crippen LogP contribution in [0.2, 0.25) is 0 Å². The minimum absolute atomic E-state index is 0.00681. The van der Waals surface area contributed by atoms with Gasteiger partial charge < -0.3 is 14.6 Å². The summed E-state index contributed by atoms with van der Waals surface area (Å²) in [5.41, 5.74) is 3.46. The van der Waals surface area contributed by atoms with Gasteiger partial charge in [0.15, 0.2) is 0 Å². The van der Waals surface area contributed by atoms with Crippen LogP contribution in [0.4, 0.5) is 0 Å². The van der Waals surface area contributed by atoms with Gasteiger partial charge in [0.25, 0.3) is 5.91 Å². The number of aryl methyl sites for hydroxylation is 2. The number of carbonyl (C=O) groups is 1. The topological polar surface area (TPSA) is 71.1 Å². The molecule has 3 rings (SSSR count).